The highest BCUT2D eigenvalue weighted by molar-refractivity contribution is 5.84. The molecule has 1 aromatic carbocycles. The fourth-order valence-electron chi connectivity index (χ4n) is 2.64. The van der Waals surface area contributed by atoms with E-state index in [1.165, 1.54) is 0 Å². The van der Waals surface area contributed by atoms with Crippen molar-refractivity contribution in [2.24, 2.45) is 0 Å². The molecule has 0 aliphatic heterocycles. The molecule has 0 spiro atoms. The standard InChI is InChI=1S/C17H23NO5/c1-22-14-7-5-6-13(10-14)11-18-15(19)12-23-16(20)17(21)8-3-2-4-9-17/h5-7,10,21H,2-4,8-9,11-12H2,1H3,(H,18,19). The van der Waals surface area contributed by atoms with Crippen molar-refractivity contribution in [3.05, 3.63) is 29.8 Å². The van der Waals surface area contributed by atoms with Crippen molar-refractivity contribution in [2.45, 2.75) is 44.2 Å². The summed E-state index contributed by atoms with van der Waals surface area (Å²) in [7, 11) is 1.58. The lowest BCUT2D eigenvalue weighted by molar-refractivity contribution is -0.170. The van der Waals surface area contributed by atoms with Crippen LogP contribution in [0.3, 0.4) is 0 Å². The molecule has 6 heteroatoms. The third kappa shape index (κ3) is 4.96. The molecule has 0 heterocycles. The van der Waals surface area contributed by atoms with Gasteiger partial charge in [-0.3, -0.25) is 4.79 Å². The summed E-state index contributed by atoms with van der Waals surface area (Å²) in [6.07, 6.45) is 3.41. The Balaban J connectivity index is 1.75. The molecule has 0 unspecified atom stereocenters. The van der Waals surface area contributed by atoms with Crippen LogP contribution in [-0.4, -0.2) is 36.3 Å². The molecule has 2 N–H and O–H groups in total. The third-order valence-corrected chi connectivity index (χ3v) is 4.02. The molecule has 1 saturated carbocycles. The molecule has 1 amide bonds. The minimum Gasteiger partial charge on any atom is -0.497 e. The van der Waals surface area contributed by atoms with E-state index < -0.39 is 17.5 Å². The lowest BCUT2D eigenvalue weighted by atomic mass is 9.85. The van der Waals surface area contributed by atoms with E-state index in [9.17, 15) is 14.7 Å². The number of hydrogen-bond acceptors (Lipinski definition) is 5. The van der Waals surface area contributed by atoms with E-state index in [4.69, 9.17) is 9.47 Å². The van der Waals surface area contributed by atoms with Crippen LogP contribution in [0.1, 0.15) is 37.7 Å². The molecule has 0 saturated heterocycles. The van der Waals surface area contributed by atoms with Crippen LogP contribution in [-0.2, 0) is 20.9 Å². The first-order chi connectivity index (χ1) is 11.0. The number of carbonyl (C=O) groups excluding carboxylic acids is 2. The third-order valence-electron chi connectivity index (χ3n) is 4.02. The second-order valence-electron chi connectivity index (χ2n) is 5.80. The molecule has 2 rings (SSSR count). The molecule has 0 bridgehead atoms. The van der Waals surface area contributed by atoms with Crippen LogP contribution in [0.15, 0.2) is 24.3 Å². The van der Waals surface area contributed by atoms with Crippen molar-refractivity contribution in [2.75, 3.05) is 13.7 Å². The predicted molar refractivity (Wildman–Crippen MR) is 83.8 cm³/mol. The molecule has 126 valence electrons. The van der Waals surface area contributed by atoms with Crippen molar-refractivity contribution in [3.8, 4) is 5.75 Å². The summed E-state index contributed by atoms with van der Waals surface area (Å²) in [6.45, 7) is -0.0665. The largest absolute Gasteiger partial charge is 0.497 e. The Morgan fingerprint density at radius 3 is 2.70 bits per heavy atom. The first-order valence-electron chi connectivity index (χ1n) is 7.83. The van der Waals surface area contributed by atoms with Gasteiger partial charge in [0.05, 0.1) is 7.11 Å². The van der Waals surface area contributed by atoms with Crippen LogP contribution in [0, 0.1) is 0 Å². The smallest absolute Gasteiger partial charge is 0.338 e. The summed E-state index contributed by atoms with van der Waals surface area (Å²) in [5.74, 6) is -0.392. The van der Waals surface area contributed by atoms with Crippen molar-refractivity contribution >= 4 is 11.9 Å². The lowest BCUT2D eigenvalue weighted by Gasteiger charge is -2.29. The van der Waals surface area contributed by atoms with Crippen LogP contribution in [0.5, 0.6) is 5.75 Å². The van der Waals surface area contributed by atoms with Crippen LogP contribution < -0.4 is 10.1 Å². The predicted octanol–water partition coefficient (Wildman–Crippen LogP) is 1.55. The van der Waals surface area contributed by atoms with Gasteiger partial charge in [0.15, 0.2) is 12.2 Å². The fourth-order valence-corrected chi connectivity index (χ4v) is 2.64. The van der Waals surface area contributed by atoms with Gasteiger partial charge in [0.2, 0.25) is 0 Å². The molecular weight excluding hydrogens is 298 g/mol. The second-order valence-corrected chi connectivity index (χ2v) is 5.80. The Morgan fingerprint density at radius 2 is 2.00 bits per heavy atom. The summed E-state index contributed by atoms with van der Waals surface area (Å²) >= 11 is 0. The first-order valence-corrected chi connectivity index (χ1v) is 7.83. The number of hydrogen-bond donors (Lipinski definition) is 2. The molecule has 1 aliphatic rings. The van der Waals surface area contributed by atoms with Crippen molar-refractivity contribution < 1.29 is 24.2 Å². The molecule has 23 heavy (non-hydrogen) atoms. The van der Waals surface area contributed by atoms with Gasteiger partial charge in [-0.05, 0) is 43.4 Å². The van der Waals surface area contributed by atoms with E-state index >= 15 is 0 Å². The Morgan fingerprint density at radius 1 is 1.26 bits per heavy atom. The van der Waals surface area contributed by atoms with E-state index in [0.717, 1.165) is 24.8 Å². The van der Waals surface area contributed by atoms with Gasteiger partial charge in [-0.25, -0.2) is 4.79 Å². The maximum absolute atomic E-state index is 11.9. The highest BCUT2D eigenvalue weighted by Crippen LogP contribution is 2.29. The number of amides is 1. The fraction of sp³-hybridized carbons (Fsp3) is 0.529. The number of methoxy groups -OCH3 is 1. The molecule has 1 aromatic rings. The summed E-state index contributed by atoms with van der Waals surface area (Å²) in [5.41, 5.74) is -0.541. The van der Waals surface area contributed by atoms with E-state index in [0.29, 0.717) is 25.1 Å². The van der Waals surface area contributed by atoms with E-state index in [-0.39, 0.29) is 6.61 Å². The quantitative estimate of drug-likeness (QED) is 0.777. The Kier molecular flexibility index (Phi) is 5.98. The Bertz CT molecular complexity index is 552. The topological polar surface area (TPSA) is 84.9 Å². The van der Waals surface area contributed by atoms with Crippen LogP contribution in [0.2, 0.25) is 0 Å². The molecule has 0 atom stereocenters. The zero-order valence-electron chi connectivity index (χ0n) is 13.3. The Labute approximate surface area is 135 Å². The minimum atomic E-state index is -1.43. The maximum atomic E-state index is 11.9. The van der Waals surface area contributed by atoms with Crippen molar-refractivity contribution in [1.82, 2.24) is 5.32 Å². The van der Waals surface area contributed by atoms with E-state index in [1.54, 1.807) is 7.11 Å². The monoisotopic (exact) mass is 321 g/mol. The zero-order chi connectivity index (χ0) is 16.7. The zero-order valence-corrected chi connectivity index (χ0v) is 13.3. The number of rotatable bonds is 6. The average molecular weight is 321 g/mol. The normalized spacial score (nSPS) is 16.4. The summed E-state index contributed by atoms with van der Waals surface area (Å²) in [4.78, 5) is 23.7. The van der Waals surface area contributed by atoms with Gasteiger partial charge in [0.1, 0.15) is 5.75 Å². The summed E-state index contributed by atoms with van der Waals surface area (Å²) in [6, 6.07) is 7.33. The van der Waals surface area contributed by atoms with Gasteiger partial charge in [-0.2, -0.15) is 0 Å². The van der Waals surface area contributed by atoms with Gasteiger partial charge < -0.3 is 19.9 Å². The average Bonchev–Trinajstić information content (AvgIpc) is 2.58. The molecule has 0 radical (unpaired) electrons. The number of ether oxygens (including phenoxy) is 2. The van der Waals surface area contributed by atoms with Gasteiger partial charge in [0.25, 0.3) is 5.91 Å². The number of carbonyl (C=O) groups is 2. The number of benzene rings is 1. The summed E-state index contributed by atoms with van der Waals surface area (Å²) in [5, 5.41) is 12.9. The van der Waals surface area contributed by atoms with E-state index in [2.05, 4.69) is 5.32 Å². The van der Waals surface area contributed by atoms with Gasteiger partial charge in [0, 0.05) is 6.54 Å². The highest BCUT2D eigenvalue weighted by atomic mass is 16.6. The second kappa shape index (κ2) is 7.97. The SMILES string of the molecule is COc1cccc(CNC(=O)COC(=O)C2(O)CCCCC2)c1. The van der Waals surface area contributed by atoms with Crippen LogP contribution in [0.25, 0.3) is 0 Å². The first kappa shape index (κ1) is 17.3. The Hall–Kier alpha value is -2.08. The molecule has 1 aliphatic carbocycles. The molecular formula is C17H23NO5. The molecule has 0 aromatic heterocycles. The maximum Gasteiger partial charge on any atom is 0.338 e. The summed E-state index contributed by atoms with van der Waals surface area (Å²) < 4.78 is 10.1. The number of aliphatic hydroxyl groups is 1. The molecule has 1 fully saturated rings. The van der Waals surface area contributed by atoms with E-state index in [1.807, 2.05) is 24.3 Å². The number of nitrogens with one attached hydrogen (secondary N) is 1. The van der Waals surface area contributed by atoms with Crippen LogP contribution >= 0.6 is 0 Å². The van der Waals surface area contributed by atoms with Gasteiger partial charge >= 0.3 is 5.97 Å². The lowest BCUT2D eigenvalue weighted by Crippen LogP contribution is -2.43. The van der Waals surface area contributed by atoms with Gasteiger partial charge in [-0.1, -0.05) is 18.6 Å². The minimum absolute atomic E-state index is 0.317. The molecule has 6 nitrogen and oxygen atoms in total. The van der Waals surface area contributed by atoms with Crippen molar-refractivity contribution in [1.29, 1.82) is 0 Å². The van der Waals surface area contributed by atoms with Crippen LogP contribution in [0.4, 0.5) is 0 Å². The highest BCUT2D eigenvalue weighted by Gasteiger charge is 2.38. The van der Waals surface area contributed by atoms with Crippen molar-refractivity contribution in [3.63, 3.8) is 0 Å². The number of esters is 1. The van der Waals surface area contributed by atoms with Gasteiger partial charge in [-0.15, -0.1) is 0 Å².